The summed E-state index contributed by atoms with van der Waals surface area (Å²) in [5.74, 6) is -2.74. The molecule has 2 aromatic rings. The summed E-state index contributed by atoms with van der Waals surface area (Å²) in [5.41, 5.74) is -1.23. The van der Waals surface area contributed by atoms with Crippen LogP contribution in [0, 0.1) is 5.92 Å². The Morgan fingerprint density at radius 2 is 1.84 bits per heavy atom. The van der Waals surface area contributed by atoms with Crippen molar-refractivity contribution >= 4 is 40.0 Å². The Hall–Kier alpha value is -2.74. The zero-order valence-electron chi connectivity index (χ0n) is 18.8. The third-order valence-corrected chi connectivity index (χ3v) is 4.96. The lowest BCUT2D eigenvalue weighted by atomic mass is 10.0. The highest BCUT2D eigenvalue weighted by Gasteiger charge is 2.32. The van der Waals surface area contributed by atoms with Gasteiger partial charge >= 0.3 is 5.97 Å². The number of ketones is 1. The number of benzene rings is 1. The van der Waals surface area contributed by atoms with E-state index in [2.05, 4.69) is 5.32 Å². The van der Waals surface area contributed by atoms with Gasteiger partial charge in [-0.2, -0.15) is 0 Å². The second-order valence-electron chi connectivity index (χ2n) is 8.90. The van der Waals surface area contributed by atoms with E-state index in [1.807, 2.05) is 0 Å². The number of halogens is 2. The highest BCUT2D eigenvalue weighted by molar-refractivity contribution is 6.31. The number of esters is 1. The summed E-state index contributed by atoms with van der Waals surface area (Å²) < 4.78 is 19.5. The molecule has 1 amide bonds. The van der Waals surface area contributed by atoms with E-state index in [-0.39, 0.29) is 5.92 Å². The summed E-state index contributed by atoms with van der Waals surface area (Å²) >= 11 is 6.02. The Morgan fingerprint density at radius 1 is 1.19 bits per heavy atom. The van der Waals surface area contributed by atoms with Gasteiger partial charge in [0.25, 0.3) is 5.56 Å². The van der Waals surface area contributed by atoms with Crippen LogP contribution in [0.2, 0.25) is 5.02 Å². The van der Waals surface area contributed by atoms with Crippen molar-refractivity contribution in [1.29, 1.82) is 0 Å². The number of hydrogen-bond donors (Lipinski definition) is 1. The SMILES string of the molecule is CC(C)[C@@H](C(=O)NC(CC(=O)OC(C)(C)C)C(=O)CF)n1ccc2ccc(Cl)cc2c1=O. The molecule has 0 radical (unpaired) electrons. The van der Waals surface area contributed by atoms with Crippen LogP contribution in [0.1, 0.15) is 47.1 Å². The Morgan fingerprint density at radius 3 is 2.41 bits per heavy atom. The maximum Gasteiger partial charge on any atom is 0.308 e. The monoisotopic (exact) mass is 466 g/mol. The number of ether oxygens (including phenoxy) is 1. The minimum Gasteiger partial charge on any atom is -0.460 e. The molecule has 9 heteroatoms. The zero-order chi connectivity index (χ0) is 24.2. The van der Waals surface area contributed by atoms with Gasteiger partial charge in [0.1, 0.15) is 24.4 Å². The zero-order valence-corrected chi connectivity index (χ0v) is 19.5. The molecule has 2 rings (SSSR count). The lowest BCUT2D eigenvalue weighted by Crippen LogP contribution is -2.48. The maximum absolute atomic E-state index is 13.1. The number of hydrogen-bond acceptors (Lipinski definition) is 5. The molecule has 32 heavy (non-hydrogen) atoms. The molecule has 2 atom stereocenters. The summed E-state index contributed by atoms with van der Waals surface area (Å²) in [7, 11) is 0. The van der Waals surface area contributed by atoms with Crippen LogP contribution >= 0.6 is 11.6 Å². The molecule has 0 aliphatic carbocycles. The number of alkyl halides is 1. The molecule has 1 unspecified atom stereocenters. The van der Waals surface area contributed by atoms with Gasteiger partial charge in [0.05, 0.1) is 6.42 Å². The number of carbonyl (C=O) groups excluding carboxylic acids is 3. The van der Waals surface area contributed by atoms with Crippen LogP contribution in [0.3, 0.4) is 0 Å². The average Bonchev–Trinajstić information content (AvgIpc) is 2.67. The largest absolute Gasteiger partial charge is 0.460 e. The summed E-state index contributed by atoms with van der Waals surface area (Å²) in [5, 5.41) is 3.81. The Kier molecular flexibility index (Phi) is 8.18. The molecule has 0 aliphatic heterocycles. The van der Waals surface area contributed by atoms with Gasteiger partial charge in [-0.15, -0.1) is 0 Å². The molecule has 1 N–H and O–H groups in total. The average molecular weight is 467 g/mol. The quantitative estimate of drug-likeness (QED) is 0.600. The van der Waals surface area contributed by atoms with E-state index in [9.17, 15) is 23.6 Å². The van der Waals surface area contributed by atoms with Crippen LogP contribution in [0.15, 0.2) is 35.3 Å². The van der Waals surface area contributed by atoms with Crippen molar-refractivity contribution in [3.05, 3.63) is 45.8 Å². The van der Waals surface area contributed by atoms with Crippen LogP contribution in [-0.2, 0) is 19.1 Å². The molecule has 1 aromatic heterocycles. The first-order valence-corrected chi connectivity index (χ1v) is 10.6. The molecule has 0 saturated heterocycles. The van der Waals surface area contributed by atoms with Crippen LogP contribution in [0.5, 0.6) is 0 Å². The molecule has 0 saturated carbocycles. The highest BCUT2D eigenvalue weighted by atomic mass is 35.5. The van der Waals surface area contributed by atoms with Gasteiger partial charge in [-0.3, -0.25) is 19.2 Å². The number of Topliss-reactive ketones (excluding diaryl/α,β-unsaturated/α-hetero) is 1. The van der Waals surface area contributed by atoms with E-state index in [0.717, 1.165) is 0 Å². The minimum atomic E-state index is -1.41. The molecule has 1 aromatic carbocycles. The number of nitrogens with zero attached hydrogens (tertiary/aromatic N) is 1. The standard InChI is InChI=1S/C23H28ClFN2O5/c1-13(2)20(27-9-8-14-6-7-15(24)10-16(14)22(27)31)21(30)26-17(18(28)12-25)11-19(29)32-23(3,4)5/h6-10,13,17,20H,11-12H2,1-5H3,(H,26,30)/t17?,20-/m0/s1. The number of amides is 1. The van der Waals surface area contributed by atoms with Gasteiger partial charge < -0.3 is 14.6 Å². The highest BCUT2D eigenvalue weighted by Crippen LogP contribution is 2.21. The molecule has 7 nitrogen and oxygen atoms in total. The lowest BCUT2D eigenvalue weighted by molar-refractivity contribution is -0.156. The summed E-state index contributed by atoms with van der Waals surface area (Å²) in [6.45, 7) is 7.08. The number of pyridine rings is 1. The van der Waals surface area contributed by atoms with Gasteiger partial charge in [-0.05, 0) is 50.3 Å². The third-order valence-electron chi connectivity index (χ3n) is 4.72. The van der Waals surface area contributed by atoms with E-state index in [4.69, 9.17) is 16.3 Å². The van der Waals surface area contributed by atoms with Crippen LogP contribution < -0.4 is 10.9 Å². The first-order valence-electron chi connectivity index (χ1n) is 10.3. The van der Waals surface area contributed by atoms with E-state index in [1.165, 1.54) is 16.8 Å². The van der Waals surface area contributed by atoms with Crippen molar-refractivity contribution in [2.75, 3.05) is 6.67 Å². The topological polar surface area (TPSA) is 94.5 Å². The van der Waals surface area contributed by atoms with E-state index >= 15 is 0 Å². The Bertz CT molecular complexity index is 1070. The molecule has 0 bridgehead atoms. The second-order valence-corrected chi connectivity index (χ2v) is 9.34. The fourth-order valence-electron chi connectivity index (χ4n) is 3.34. The molecule has 0 fully saturated rings. The van der Waals surface area contributed by atoms with Crippen LogP contribution in [0.25, 0.3) is 10.8 Å². The predicted molar refractivity (Wildman–Crippen MR) is 120 cm³/mol. The number of aromatic nitrogens is 1. The Balaban J connectivity index is 2.37. The number of nitrogens with one attached hydrogen (secondary N) is 1. The molecule has 1 heterocycles. The first-order chi connectivity index (χ1) is 14.8. The second kappa shape index (κ2) is 10.3. The van der Waals surface area contributed by atoms with E-state index in [1.54, 1.807) is 52.8 Å². The fourth-order valence-corrected chi connectivity index (χ4v) is 3.51. The van der Waals surface area contributed by atoms with Gasteiger partial charge in [-0.1, -0.05) is 31.5 Å². The number of rotatable bonds is 8. The third kappa shape index (κ3) is 6.38. The Labute approximate surface area is 190 Å². The van der Waals surface area contributed by atoms with E-state index < -0.39 is 54.0 Å². The summed E-state index contributed by atoms with van der Waals surface area (Å²) in [6.07, 6.45) is 0.974. The smallest absolute Gasteiger partial charge is 0.308 e. The van der Waals surface area contributed by atoms with Gasteiger partial charge in [-0.25, -0.2) is 4.39 Å². The normalized spacial score (nSPS) is 13.6. The first kappa shape index (κ1) is 25.5. The van der Waals surface area contributed by atoms with E-state index in [0.29, 0.717) is 15.8 Å². The lowest BCUT2D eigenvalue weighted by Gasteiger charge is -2.26. The number of carbonyl (C=O) groups is 3. The predicted octanol–water partition coefficient (Wildman–Crippen LogP) is 3.61. The van der Waals surface area contributed by atoms with Crippen molar-refractivity contribution in [3.63, 3.8) is 0 Å². The van der Waals surface area contributed by atoms with Crippen molar-refractivity contribution in [1.82, 2.24) is 9.88 Å². The van der Waals surface area contributed by atoms with Gasteiger partial charge in [0.2, 0.25) is 5.91 Å². The van der Waals surface area contributed by atoms with Gasteiger partial charge in [0.15, 0.2) is 5.78 Å². The molecule has 174 valence electrons. The molecular formula is C23H28ClFN2O5. The van der Waals surface area contributed by atoms with Crippen LogP contribution in [-0.4, -0.2) is 40.5 Å². The fraction of sp³-hybridized carbons (Fsp3) is 0.478. The molecular weight excluding hydrogens is 439 g/mol. The van der Waals surface area contributed by atoms with Crippen molar-refractivity contribution < 1.29 is 23.5 Å². The summed E-state index contributed by atoms with van der Waals surface area (Å²) in [6, 6.07) is 4.15. The molecule has 0 aliphatic rings. The minimum absolute atomic E-state index is 0.337. The maximum atomic E-state index is 13.1. The van der Waals surface area contributed by atoms with Gasteiger partial charge in [0, 0.05) is 16.6 Å². The molecule has 0 spiro atoms. The van der Waals surface area contributed by atoms with Crippen molar-refractivity contribution in [3.8, 4) is 0 Å². The number of fused-ring (bicyclic) bond motifs is 1. The van der Waals surface area contributed by atoms with Crippen molar-refractivity contribution in [2.24, 2.45) is 5.92 Å². The van der Waals surface area contributed by atoms with Crippen molar-refractivity contribution in [2.45, 2.75) is 58.7 Å². The van der Waals surface area contributed by atoms with Crippen LogP contribution in [0.4, 0.5) is 4.39 Å². The summed E-state index contributed by atoms with van der Waals surface area (Å²) in [4.78, 5) is 50.4.